The van der Waals surface area contributed by atoms with Crippen molar-refractivity contribution in [3.8, 4) is 17.2 Å². The molecule has 0 aliphatic carbocycles. The molecule has 4 aromatic carbocycles. The van der Waals surface area contributed by atoms with Crippen LogP contribution in [-0.4, -0.2) is 49.1 Å². The standard InChI is InChI=1S/C30H29N5O10S3/c1-7-46(37,38)24-15-22(44-5)21(11-17(24)4)34-32-19-10-9-18-13-26(48(41,42)43)29(28(31)27(18)30(19)36)35-33-20-14-23(45-6)25(12-16(20)3)47(39,40)8-2/h7-15,36H,1-2,31H2,3-6H3,(H,41,42,43)/b34-32+,35-33+. The van der Waals surface area contributed by atoms with Gasteiger partial charge in [-0.25, -0.2) is 16.8 Å². The molecule has 0 aliphatic rings. The molecule has 18 heteroatoms. The Hall–Kier alpha value is -5.17. The Morgan fingerprint density at radius 3 is 1.88 bits per heavy atom. The Morgan fingerprint density at radius 1 is 0.708 bits per heavy atom. The molecule has 0 fully saturated rings. The molecule has 0 amide bonds. The zero-order valence-corrected chi connectivity index (χ0v) is 28.3. The van der Waals surface area contributed by atoms with Gasteiger partial charge in [-0.3, -0.25) is 4.55 Å². The fraction of sp³-hybridized carbons (Fsp3) is 0.133. The van der Waals surface area contributed by atoms with Gasteiger partial charge in [-0.05, 0) is 54.6 Å². The third kappa shape index (κ3) is 6.77. The van der Waals surface area contributed by atoms with Crippen molar-refractivity contribution in [2.75, 3.05) is 20.0 Å². The molecule has 48 heavy (non-hydrogen) atoms. The van der Waals surface area contributed by atoms with E-state index in [4.69, 9.17) is 15.2 Å². The largest absolute Gasteiger partial charge is 0.505 e. The second-order valence-corrected chi connectivity index (χ2v) is 15.2. The summed E-state index contributed by atoms with van der Waals surface area (Å²) in [4.78, 5) is -0.954. The van der Waals surface area contributed by atoms with E-state index in [1.54, 1.807) is 6.92 Å². The van der Waals surface area contributed by atoms with E-state index in [9.17, 15) is 34.9 Å². The number of benzene rings is 4. The van der Waals surface area contributed by atoms with Gasteiger partial charge in [0.15, 0.2) is 15.6 Å². The fourth-order valence-electron chi connectivity index (χ4n) is 4.57. The number of methoxy groups -OCH3 is 2. The molecule has 0 heterocycles. The maximum Gasteiger partial charge on any atom is 0.296 e. The Balaban J connectivity index is 1.89. The number of phenols is 1. The van der Waals surface area contributed by atoms with Crippen molar-refractivity contribution in [2.45, 2.75) is 28.5 Å². The average Bonchev–Trinajstić information content (AvgIpc) is 3.03. The summed E-state index contributed by atoms with van der Waals surface area (Å²) in [7, 11) is -10.1. The molecule has 0 aliphatic heterocycles. The number of fused-ring (bicyclic) bond motifs is 1. The number of ether oxygens (including phenoxy) is 2. The lowest BCUT2D eigenvalue weighted by molar-refractivity contribution is 0.403. The Labute approximate surface area is 276 Å². The van der Waals surface area contributed by atoms with Crippen molar-refractivity contribution in [3.63, 3.8) is 0 Å². The first-order valence-electron chi connectivity index (χ1n) is 13.4. The molecule has 0 saturated heterocycles. The third-order valence-electron chi connectivity index (χ3n) is 7.04. The fourth-order valence-corrected chi connectivity index (χ4v) is 7.15. The zero-order valence-electron chi connectivity index (χ0n) is 25.9. The molecule has 4 aromatic rings. The van der Waals surface area contributed by atoms with Gasteiger partial charge in [-0.2, -0.15) is 13.5 Å². The molecular formula is C30H29N5O10S3. The SMILES string of the molecule is C=CS(=O)(=O)c1cc(OC)c(/N=N/c2ccc3cc(S(=O)(=O)O)c(/N=N/c4cc(OC)c(S(=O)(=O)C=C)cc4C)c(N)c3c2O)cc1C. The van der Waals surface area contributed by atoms with Crippen molar-refractivity contribution in [2.24, 2.45) is 20.5 Å². The van der Waals surface area contributed by atoms with Crippen LogP contribution in [-0.2, 0) is 29.8 Å². The summed E-state index contributed by atoms with van der Waals surface area (Å²) in [6, 6.07) is 8.89. The van der Waals surface area contributed by atoms with Crippen LogP contribution in [0.25, 0.3) is 10.8 Å². The van der Waals surface area contributed by atoms with E-state index in [0.717, 1.165) is 16.9 Å². The van der Waals surface area contributed by atoms with Crippen LogP contribution < -0.4 is 15.2 Å². The maximum absolute atomic E-state index is 12.4. The number of nitrogen functional groups attached to an aromatic ring is 1. The highest BCUT2D eigenvalue weighted by Gasteiger charge is 2.24. The van der Waals surface area contributed by atoms with Crippen molar-refractivity contribution < 1.29 is 44.4 Å². The first-order valence-corrected chi connectivity index (χ1v) is 17.9. The molecule has 4 N–H and O–H groups in total. The molecule has 252 valence electrons. The number of rotatable bonds is 11. The number of hydrogen-bond acceptors (Lipinski definition) is 14. The van der Waals surface area contributed by atoms with Gasteiger partial charge in [-0.15, -0.1) is 15.3 Å². The van der Waals surface area contributed by atoms with Crippen molar-refractivity contribution in [1.29, 1.82) is 0 Å². The third-order valence-corrected chi connectivity index (χ3v) is 10.8. The number of anilines is 1. The Morgan fingerprint density at radius 2 is 1.29 bits per heavy atom. The van der Waals surface area contributed by atoms with Gasteiger partial charge in [0.1, 0.15) is 38.4 Å². The van der Waals surface area contributed by atoms with E-state index in [1.165, 1.54) is 57.5 Å². The molecule has 0 spiro atoms. The van der Waals surface area contributed by atoms with E-state index >= 15 is 0 Å². The molecule has 0 bridgehead atoms. The van der Waals surface area contributed by atoms with Crippen molar-refractivity contribution in [3.05, 3.63) is 77.6 Å². The second kappa shape index (κ2) is 13.1. The smallest absolute Gasteiger partial charge is 0.296 e. The number of aryl methyl sites for hydroxylation is 2. The monoisotopic (exact) mass is 715 g/mol. The Bertz CT molecular complexity index is 2410. The number of azo groups is 2. The molecule has 0 unspecified atom stereocenters. The number of nitrogens with two attached hydrogens (primary N) is 1. The number of aromatic hydroxyl groups is 1. The van der Waals surface area contributed by atoms with Gasteiger partial charge in [0.25, 0.3) is 10.1 Å². The van der Waals surface area contributed by atoms with E-state index in [0.29, 0.717) is 11.1 Å². The van der Waals surface area contributed by atoms with E-state index < -0.39 is 51.8 Å². The van der Waals surface area contributed by atoms with Crippen LogP contribution in [0.2, 0.25) is 0 Å². The summed E-state index contributed by atoms with van der Waals surface area (Å²) in [5, 5.41) is 28.9. The summed E-state index contributed by atoms with van der Waals surface area (Å²) in [5.41, 5.74) is 6.09. The molecular weight excluding hydrogens is 687 g/mol. The van der Waals surface area contributed by atoms with Crippen LogP contribution in [0, 0.1) is 13.8 Å². The van der Waals surface area contributed by atoms with Crippen molar-refractivity contribution >= 4 is 69.0 Å². The highest BCUT2D eigenvalue weighted by Crippen LogP contribution is 2.46. The number of sulfone groups is 2. The summed E-state index contributed by atoms with van der Waals surface area (Å²) >= 11 is 0. The minimum absolute atomic E-state index is 0.0441. The van der Waals surface area contributed by atoms with Crippen LogP contribution >= 0.6 is 0 Å². The lowest BCUT2D eigenvalue weighted by Gasteiger charge is -2.13. The van der Waals surface area contributed by atoms with E-state index in [2.05, 4.69) is 33.6 Å². The van der Waals surface area contributed by atoms with Gasteiger partial charge < -0.3 is 20.3 Å². The second-order valence-electron chi connectivity index (χ2n) is 10.0. The first kappa shape index (κ1) is 35.7. The van der Waals surface area contributed by atoms with Gasteiger partial charge >= 0.3 is 0 Å². The predicted octanol–water partition coefficient (Wildman–Crippen LogP) is 6.67. The molecule has 0 atom stereocenters. The van der Waals surface area contributed by atoms with Crippen LogP contribution in [0.4, 0.5) is 28.4 Å². The Kier molecular flexibility index (Phi) is 9.77. The van der Waals surface area contributed by atoms with Crippen LogP contribution in [0.3, 0.4) is 0 Å². The molecule has 4 rings (SSSR count). The highest BCUT2D eigenvalue weighted by atomic mass is 32.2. The van der Waals surface area contributed by atoms with Gasteiger partial charge in [0, 0.05) is 22.9 Å². The number of nitrogens with zero attached hydrogens (tertiary/aromatic N) is 4. The van der Waals surface area contributed by atoms with Crippen molar-refractivity contribution in [1.82, 2.24) is 0 Å². The summed E-state index contributed by atoms with van der Waals surface area (Å²) < 4.78 is 94.8. The van der Waals surface area contributed by atoms with E-state index in [-0.39, 0.29) is 49.1 Å². The zero-order chi connectivity index (χ0) is 35.8. The van der Waals surface area contributed by atoms with Crippen LogP contribution in [0.5, 0.6) is 17.2 Å². The minimum atomic E-state index is -4.94. The van der Waals surface area contributed by atoms with E-state index in [1.807, 2.05) is 0 Å². The molecule has 0 saturated carbocycles. The maximum atomic E-state index is 12.4. The summed E-state index contributed by atoms with van der Waals surface area (Å²) in [6.07, 6.45) is 0. The number of phenolic OH excluding ortho intramolecular Hbond substituents is 1. The van der Waals surface area contributed by atoms with Crippen LogP contribution in [0.1, 0.15) is 11.1 Å². The molecule has 0 radical (unpaired) electrons. The topological polar surface area (TPSA) is 237 Å². The molecule has 15 nitrogen and oxygen atoms in total. The summed E-state index contributed by atoms with van der Waals surface area (Å²) in [6.45, 7) is 9.69. The van der Waals surface area contributed by atoms with Gasteiger partial charge in [0.05, 0.1) is 35.9 Å². The summed E-state index contributed by atoms with van der Waals surface area (Å²) in [5.74, 6) is -0.565. The van der Waals surface area contributed by atoms with Gasteiger partial charge in [0.2, 0.25) is 9.84 Å². The number of hydrogen-bond donors (Lipinski definition) is 3. The molecule has 0 aromatic heterocycles. The lowest BCUT2D eigenvalue weighted by atomic mass is 10.1. The first-order chi connectivity index (χ1) is 22.4. The van der Waals surface area contributed by atoms with Gasteiger partial charge in [-0.1, -0.05) is 19.2 Å². The lowest BCUT2D eigenvalue weighted by Crippen LogP contribution is -2.02. The minimum Gasteiger partial charge on any atom is -0.505 e. The highest BCUT2D eigenvalue weighted by molar-refractivity contribution is 7.94. The average molecular weight is 716 g/mol. The quantitative estimate of drug-likeness (QED) is 0.0841. The predicted molar refractivity (Wildman–Crippen MR) is 178 cm³/mol. The normalized spacial score (nSPS) is 12.5. The van der Waals surface area contributed by atoms with Crippen LogP contribution in [0.15, 0.2) is 102 Å².